The van der Waals surface area contributed by atoms with Gasteiger partial charge in [0.1, 0.15) is 10.2 Å². The molecule has 1 N–H and O–H groups in total. The fraction of sp³-hybridized carbons (Fsp3) is 0.111. The Balaban J connectivity index is 2.61. The van der Waals surface area contributed by atoms with Crippen molar-refractivity contribution in [2.45, 2.75) is 6.92 Å². The van der Waals surface area contributed by atoms with Crippen molar-refractivity contribution in [1.29, 1.82) is 0 Å². The number of halogens is 1. The zero-order valence-electron chi connectivity index (χ0n) is 7.86. The zero-order valence-corrected chi connectivity index (χ0v) is 9.45. The lowest BCUT2D eigenvalue weighted by atomic mass is 10.4. The van der Waals surface area contributed by atoms with Gasteiger partial charge in [-0.3, -0.25) is 9.78 Å². The quantitative estimate of drug-likeness (QED) is 0.845. The minimum Gasteiger partial charge on any atom is -0.304 e. The van der Waals surface area contributed by atoms with E-state index in [4.69, 9.17) is 0 Å². The topological polar surface area (TPSA) is 71.5 Å². The average Bonchev–Trinajstić information content (AvgIpc) is 2.26. The van der Waals surface area contributed by atoms with Crippen LogP contribution >= 0.6 is 15.9 Å². The fourth-order valence-electron chi connectivity index (χ4n) is 1.11. The lowest BCUT2D eigenvalue weighted by molar-refractivity contribution is 1.03. The number of H-pyrrole nitrogens is 1. The molecule has 0 bridgehead atoms. The number of hydrogen-bond donors (Lipinski definition) is 1. The van der Waals surface area contributed by atoms with Crippen molar-refractivity contribution in [1.82, 2.24) is 19.9 Å². The Morgan fingerprint density at radius 2 is 2.20 bits per heavy atom. The molecule has 0 fully saturated rings. The second-order valence-electron chi connectivity index (χ2n) is 2.90. The van der Waals surface area contributed by atoms with E-state index in [1.807, 2.05) is 0 Å². The first-order chi connectivity index (χ1) is 7.18. The third-order valence-corrected chi connectivity index (χ3v) is 2.77. The van der Waals surface area contributed by atoms with Crippen LogP contribution in [0.5, 0.6) is 0 Å². The molecule has 76 valence electrons. The lowest BCUT2D eigenvalue weighted by Crippen LogP contribution is -2.12. The van der Waals surface area contributed by atoms with Crippen molar-refractivity contribution in [3.8, 4) is 11.5 Å². The molecule has 0 aliphatic carbocycles. The molecule has 0 atom stereocenters. The standard InChI is InChI=1S/C9H7BrN4O/c1-5-7(10)9(15)14-8(13-5)6-4-11-2-3-12-6/h2-4H,1H3,(H,13,14,15). The summed E-state index contributed by atoms with van der Waals surface area (Å²) in [6.45, 7) is 1.75. The van der Waals surface area contributed by atoms with E-state index in [1.165, 1.54) is 0 Å². The Hall–Kier alpha value is -1.56. The number of aryl methyl sites for hydroxylation is 1. The van der Waals surface area contributed by atoms with E-state index in [2.05, 4.69) is 35.9 Å². The fourth-order valence-corrected chi connectivity index (χ4v) is 1.30. The molecule has 2 aromatic rings. The van der Waals surface area contributed by atoms with Gasteiger partial charge in [-0.2, -0.15) is 0 Å². The molecule has 0 saturated carbocycles. The molecule has 0 aliphatic heterocycles. The first kappa shape index (κ1) is 9.97. The van der Waals surface area contributed by atoms with Crippen molar-refractivity contribution in [3.05, 3.63) is 39.1 Å². The van der Waals surface area contributed by atoms with Crippen molar-refractivity contribution < 1.29 is 0 Å². The zero-order chi connectivity index (χ0) is 10.8. The van der Waals surface area contributed by atoms with E-state index in [-0.39, 0.29) is 5.56 Å². The molecule has 0 aliphatic rings. The van der Waals surface area contributed by atoms with E-state index in [1.54, 1.807) is 25.5 Å². The molecule has 0 radical (unpaired) electrons. The molecular weight excluding hydrogens is 260 g/mol. The monoisotopic (exact) mass is 266 g/mol. The van der Waals surface area contributed by atoms with Crippen LogP contribution in [0.1, 0.15) is 5.69 Å². The van der Waals surface area contributed by atoms with E-state index >= 15 is 0 Å². The minimum absolute atomic E-state index is 0.219. The summed E-state index contributed by atoms with van der Waals surface area (Å²) in [4.78, 5) is 26.2. The third kappa shape index (κ3) is 1.94. The molecule has 5 nitrogen and oxygen atoms in total. The number of nitrogens with zero attached hydrogens (tertiary/aromatic N) is 3. The lowest BCUT2D eigenvalue weighted by Gasteiger charge is -2.01. The molecule has 2 rings (SSSR count). The molecule has 0 unspecified atom stereocenters. The molecule has 6 heteroatoms. The molecular formula is C9H7BrN4O. The Labute approximate surface area is 93.8 Å². The largest absolute Gasteiger partial charge is 0.304 e. The van der Waals surface area contributed by atoms with Crippen LogP contribution in [-0.4, -0.2) is 19.9 Å². The van der Waals surface area contributed by atoms with Gasteiger partial charge in [0.15, 0.2) is 5.82 Å². The van der Waals surface area contributed by atoms with E-state index < -0.39 is 0 Å². The van der Waals surface area contributed by atoms with Gasteiger partial charge < -0.3 is 4.98 Å². The van der Waals surface area contributed by atoms with Crippen molar-refractivity contribution in [2.75, 3.05) is 0 Å². The summed E-state index contributed by atoms with van der Waals surface area (Å²) < 4.78 is 0.440. The number of aromatic nitrogens is 4. The highest BCUT2D eigenvalue weighted by atomic mass is 79.9. The van der Waals surface area contributed by atoms with Gasteiger partial charge in [-0.1, -0.05) is 0 Å². The molecule has 0 saturated heterocycles. The predicted octanol–water partition coefficient (Wildman–Crippen LogP) is 1.30. The van der Waals surface area contributed by atoms with Gasteiger partial charge in [0.05, 0.1) is 11.9 Å². The molecule has 0 amide bonds. The molecule has 2 heterocycles. The van der Waals surface area contributed by atoms with Crippen LogP contribution in [0.3, 0.4) is 0 Å². The third-order valence-electron chi connectivity index (χ3n) is 1.83. The van der Waals surface area contributed by atoms with Gasteiger partial charge in [-0.15, -0.1) is 0 Å². The Bertz CT molecular complexity index is 538. The van der Waals surface area contributed by atoms with Crippen LogP contribution in [0, 0.1) is 6.92 Å². The first-order valence-electron chi connectivity index (χ1n) is 4.21. The van der Waals surface area contributed by atoms with E-state index in [0.717, 1.165) is 0 Å². The van der Waals surface area contributed by atoms with E-state index in [0.29, 0.717) is 21.7 Å². The van der Waals surface area contributed by atoms with Crippen LogP contribution in [-0.2, 0) is 0 Å². The van der Waals surface area contributed by atoms with Crippen molar-refractivity contribution >= 4 is 15.9 Å². The summed E-state index contributed by atoms with van der Waals surface area (Å²) in [6, 6.07) is 0. The number of hydrogen-bond acceptors (Lipinski definition) is 4. The second kappa shape index (κ2) is 3.90. The smallest absolute Gasteiger partial charge is 0.265 e. The minimum atomic E-state index is -0.219. The van der Waals surface area contributed by atoms with Gasteiger partial charge >= 0.3 is 0 Å². The van der Waals surface area contributed by atoms with Crippen LogP contribution in [0.4, 0.5) is 0 Å². The van der Waals surface area contributed by atoms with E-state index in [9.17, 15) is 4.79 Å². The highest BCUT2D eigenvalue weighted by Gasteiger charge is 2.07. The maximum atomic E-state index is 11.4. The summed E-state index contributed by atoms with van der Waals surface area (Å²) in [7, 11) is 0. The van der Waals surface area contributed by atoms with Crippen LogP contribution in [0.15, 0.2) is 27.9 Å². The number of nitrogens with one attached hydrogen (secondary N) is 1. The van der Waals surface area contributed by atoms with Crippen LogP contribution in [0.2, 0.25) is 0 Å². The van der Waals surface area contributed by atoms with Crippen LogP contribution < -0.4 is 5.56 Å². The highest BCUT2D eigenvalue weighted by Crippen LogP contribution is 2.12. The van der Waals surface area contributed by atoms with Crippen LogP contribution in [0.25, 0.3) is 11.5 Å². The summed E-state index contributed by atoms with van der Waals surface area (Å²) in [5.41, 5.74) is 0.952. The Kier molecular flexibility index (Phi) is 2.59. The van der Waals surface area contributed by atoms with Crippen molar-refractivity contribution in [3.63, 3.8) is 0 Å². The van der Waals surface area contributed by atoms with Gasteiger partial charge in [0.2, 0.25) is 0 Å². The molecule has 0 aromatic carbocycles. The van der Waals surface area contributed by atoms with Gasteiger partial charge in [-0.25, -0.2) is 9.97 Å². The number of aromatic amines is 1. The Morgan fingerprint density at radius 1 is 1.40 bits per heavy atom. The maximum absolute atomic E-state index is 11.4. The van der Waals surface area contributed by atoms with Gasteiger partial charge in [0, 0.05) is 12.4 Å². The maximum Gasteiger partial charge on any atom is 0.265 e. The van der Waals surface area contributed by atoms with Crippen molar-refractivity contribution in [2.24, 2.45) is 0 Å². The highest BCUT2D eigenvalue weighted by molar-refractivity contribution is 9.10. The summed E-state index contributed by atoms with van der Waals surface area (Å²) in [6.07, 6.45) is 4.66. The second-order valence-corrected chi connectivity index (χ2v) is 3.70. The normalized spacial score (nSPS) is 10.3. The molecule has 2 aromatic heterocycles. The SMILES string of the molecule is Cc1nc(-c2cnccn2)[nH]c(=O)c1Br. The summed E-state index contributed by atoms with van der Waals surface area (Å²) >= 11 is 3.14. The first-order valence-corrected chi connectivity index (χ1v) is 5.00. The average molecular weight is 267 g/mol. The molecule has 15 heavy (non-hydrogen) atoms. The predicted molar refractivity (Wildman–Crippen MR) is 58.3 cm³/mol. The number of rotatable bonds is 1. The van der Waals surface area contributed by atoms with Gasteiger partial charge in [0.25, 0.3) is 5.56 Å². The summed E-state index contributed by atoms with van der Waals surface area (Å²) in [5.74, 6) is 0.425. The van der Waals surface area contributed by atoms with Gasteiger partial charge in [-0.05, 0) is 22.9 Å². The Morgan fingerprint density at radius 3 is 2.80 bits per heavy atom. The summed E-state index contributed by atoms with van der Waals surface area (Å²) in [5, 5.41) is 0. The molecule has 0 spiro atoms.